The Labute approximate surface area is 190 Å². The van der Waals surface area contributed by atoms with Gasteiger partial charge in [-0.25, -0.2) is 9.48 Å². The Morgan fingerprint density at radius 1 is 1.06 bits per heavy atom. The van der Waals surface area contributed by atoms with Gasteiger partial charge in [-0.15, -0.1) is 5.10 Å². The van der Waals surface area contributed by atoms with Crippen LogP contribution in [-0.2, 0) is 16.1 Å². The van der Waals surface area contributed by atoms with Crippen LogP contribution in [0.3, 0.4) is 0 Å². The molecule has 1 aliphatic heterocycles. The van der Waals surface area contributed by atoms with Crippen LogP contribution in [0.2, 0.25) is 0 Å². The molecular formula is C24H25N3O6. The van der Waals surface area contributed by atoms with Gasteiger partial charge in [-0.1, -0.05) is 66.7 Å². The molecule has 9 nitrogen and oxygen atoms in total. The van der Waals surface area contributed by atoms with E-state index in [9.17, 15) is 20.1 Å². The highest BCUT2D eigenvalue weighted by molar-refractivity contribution is 5.84. The molecule has 0 radical (unpaired) electrons. The molecule has 1 aliphatic rings. The number of hydrogen-bond acceptors (Lipinski definition) is 7. The standard InChI is InChI=1S/C24H25N3O6/c1-14-19(28)11-21(24(31)32)33-23(14)22(30)20(29)13-27-12-18(25-26-27)17-9-7-16(8-10-17)15-5-3-2-4-6-15/h2-12,14,19-20,22-23,28-30H,13H2,1H3,(H,31,32)/t14-,19-,20?,22?,23?/m1/s1. The molecular weight excluding hydrogens is 426 g/mol. The lowest BCUT2D eigenvalue weighted by atomic mass is 9.89. The van der Waals surface area contributed by atoms with E-state index in [1.807, 2.05) is 54.6 Å². The summed E-state index contributed by atoms with van der Waals surface area (Å²) in [5, 5.41) is 48.5. The summed E-state index contributed by atoms with van der Waals surface area (Å²) in [6.07, 6.45) is -2.26. The zero-order valence-electron chi connectivity index (χ0n) is 17.9. The molecule has 3 unspecified atom stereocenters. The van der Waals surface area contributed by atoms with Crippen LogP contribution in [-0.4, -0.2) is 65.8 Å². The van der Waals surface area contributed by atoms with Crippen molar-refractivity contribution >= 4 is 5.97 Å². The summed E-state index contributed by atoms with van der Waals surface area (Å²) in [7, 11) is 0. The van der Waals surface area contributed by atoms with Crippen LogP contribution in [0.5, 0.6) is 0 Å². The molecule has 2 aromatic carbocycles. The number of carboxylic acids is 1. The van der Waals surface area contributed by atoms with E-state index in [1.54, 1.807) is 13.1 Å². The number of hydrogen-bond donors (Lipinski definition) is 4. The Hall–Kier alpha value is -3.53. The number of aliphatic carboxylic acids is 1. The fourth-order valence-electron chi connectivity index (χ4n) is 3.80. The Morgan fingerprint density at radius 2 is 1.70 bits per heavy atom. The first-order chi connectivity index (χ1) is 15.8. The molecule has 172 valence electrons. The normalized spacial score (nSPS) is 22.2. The maximum atomic E-state index is 11.2. The third kappa shape index (κ3) is 4.95. The van der Waals surface area contributed by atoms with Crippen LogP contribution in [0.1, 0.15) is 6.92 Å². The Bertz CT molecular complexity index is 1130. The summed E-state index contributed by atoms with van der Waals surface area (Å²) >= 11 is 0. The Balaban J connectivity index is 1.43. The average Bonchev–Trinajstić information content (AvgIpc) is 3.29. The second-order valence-electron chi connectivity index (χ2n) is 8.10. The molecule has 0 bridgehead atoms. The lowest BCUT2D eigenvalue weighted by Gasteiger charge is -2.36. The summed E-state index contributed by atoms with van der Waals surface area (Å²) in [5.41, 5.74) is 3.63. The fraction of sp³-hybridized carbons (Fsp3) is 0.292. The number of ether oxygens (including phenoxy) is 1. The summed E-state index contributed by atoms with van der Waals surface area (Å²) < 4.78 is 6.71. The predicted molar refractivity (Wildman–Crippen MR) is 119 cm³/mol. The number of aliphatic hydroxyl groups is 3. The van der Waals surface area contributed by atoms with Gasteiger partial charge in [0.2, 0.25) is 5.76 Å². The molecule has 0 aliphatic carbocycles. The number of carboxylic acid groups (broad SMARTS) is 1. The highest BCUT2D eigenvalue weighted by atomic mass is 16.5. The summed E-state index contributed by atoms with van der Waals surface area (Å²) in [5.74, 6) is -2.43. The minimum absolute atomic E-state index is 0.0922. The van der Waals surface area contributed by atoms with E-state index in [4.69, 9.17) is 9.84 Å². The molecule has 0 saturated carbocycles. The minimum Gasteiger partial charge on any atom is -0.480 e. The van der Waals surface area contributed by atoms with E-state index < -0.39 is 42.1 Å². The van der Waals surface area contributed by atoms with Crippen LogP contribution in [0.25, 0.3) is 22.4 Å². The largest absolute Gasteiger partial charge is 0.480 e. The number of carbonyl (C=O) groups is 1. The van der Waals surface area contributed by atoms with Gasteiger partial charge in [-0.3, -0.25) is 0 Å². The first-order valence-corrected chi connectivity index (χ1v) is 10.6. The molecule has 5 atom stereocenters. The number of aromatic nitrogens is 3. The van der Waals surface area contributed by atoms with E-state index in [0.717, 1.165) is 22.8 Å². The van der Waals surface area contributed by atoms with Crippen LogP contribution >= 0.6 is 0 Å². The zero-order chi connectivity index (χ0) is 23.5. The van der Waals surface area contributed by atoms with Gasteiger partial charge >= 0.3 is 5.97 Å². The van der Waals surface area contributed by atoms with Crippen molar-refractivity contribution in [2.45, 2.75) is 37.9 Å². The second-order valence-corrected chi connectivity index (χ2v) is 8.10. The SMILES string of the molecule is C[C@H]1C(C(O)C(O)Cn2cc(-c3ccc(-c4ccccc4)cc3)nn2)OC(C(=O)O)=C[C@H]1O. The number of nitrogens with zero attached hydrogens (tertiary/aromatic N) is 3. The predicted octanol–water partition coefficient (Wildman–Crippen LogP) is 1.70. The van der Waals surface area contributed by atoms with Gasteiger partial charge < -0.3 is 25.2 Å². The molecule has 9 heteroatoms. The van der Waals surface area contributed by atoms with E-state index in [2.05, 4.69) is 10.3 Å². The first-order valence-electron chi connectivity index (χ1n) is 10.6. The molecule has 0 spiro atoms. The third-order valence-electron chi connectivity index (χ3n) is 5.78. The monoisotopic (exact) mass is 451 g/mol. The first kappa shape index (κ1) is 22.7. The van der Waals surface area contributed by atoms with Crippen molar-refractivity contribution in [3.05, 3.63) is 72.6 Å². The van der Waals surface area contributed by atoms with Crippen molar-refractivity contribution in [2.75, 3.05) is 0 Å². The molecule has 4 N–H and O–H groups in total. The number of rotatable bonds is 7. The summed E-state index contributed by atoms with van der Waals surface area (Å²) in [6, 6.07) is 17.8. The topological polar surface area (TPSA) is 138 Å². The smallest absolute Gasteiger partial charge is 0.370 e. The quantitative estimate of drug-likeness (QED) is 0.426. The third-order valence-corrected chi connectivity index (χ3v) is 5.78. The number of aliphatic hydroxyl groups excluding tert-OH is 3. The zero-order valence-corrected chi connectivity index (χ0v) is 17.9. The van der Waals surface area contributed by atoms with E-state index in [1.165, 1.54) is 4.68 Å². The van der Waals surface area contributed by atoms with Crippen molar-refractivity contribution in [2.24, 2.45) is 5.92 Å². The van der Waals surface area contributed by atoms with Crippen molar-refractivity contribution in [1.29, 1.82) is 0 Å². The lowest BCUT2D eigenvalue weighted by molar-refractivity contribution is -0.150. The van der Waals surface area contributed by atoms with Gasteiger partial charge in [0.05, 0.1) is 18.8 Å². The Kier molecular flexibility index (Phi) is 6.55. The lowest BCUT2D eigenvalue weighted by Crippen LogP contribution is -2.49. The van der Waals surface area contributed by atoms with E-state index in [-0.39, 0.29) is 6.54 Å². The molecule has 4 rings (SSSR count). The van der Waals surface area contributed by atoms with Crippen molar-refractivity contribution < 1.29 is 30.0 Å². The molecule has 1 aromatic heterocycles. The molecule has 33 heavy (non-hydrogen) atoms. The van der Waals surface area contributed by atoms with Crippen LogP contribution < -0.4 is 0 Å². The highest BCUT2D eigenvalue weighted by Crippen LogP contribution is 2.28. The van der Waals surface area contributed by atoms with Gasteiger partial charge in [0.1, 0.15) is 24.0 Å². The van der Waals surface area contributed by atoms with Gasteiger partial charge in [0.15, 0.2) is 0 Å². The minimum atomic E-state index is -1.45. The summed E-state index contributed by atoms with van der Waals surface area (Å²) in [6.45, 7) is 1.51. The van der Waals surface area contributed by atoms with Gasteiger partial charge in [-0.2, -0.15) is 0 Å². The highest BCUT2D eigenvalue weighted by Gasteiger charge is 2.40. The fourth-order valence-corrected chi connectivity index (χ4v) is 3.80. The van der Waals surface area contributed by atoms with Crippen LogP contribution in [0.4, 0.5) is 0 Å². The van der Waals surface area contributed by atoms with Gasteiger partial charge in [0.25, 0.3) is 0 Å². The maximum Gasteiger partial charge on any atom is 0.370 e. The van der Waals surface area contributed by atoms with E-state index >= 15 is 0 Å². The summed E-state index contributed by atoms with van der Waals surface area (Å²) in [4.78, 5) is 11.2. The van der Waals surface area contributed by atoms with E-state index in [0.29, 0.717) is 5.69 Å². The van der Waals surface area contributed by atoms with Gasteiger partial charge in [0, 0.05) is 11.5 Å². The van der Waals surface area contributed by atoms with Crippen LogP contribution in [0.15, 0.2) is 72.6 Å². The molecule has 0 amide bonds. The molecule has 0 saturated heterocycles. The molecule has 3 aromatic rings. The number of benzene rings is 2. The van der Waals surface area contributed by atoms with Crippen LogP contribution in [0, 0.1) is 5.92 Å². The second kappa shape index (κ2) is 9.53. The Morgan fingerprint density at radius 3 is 2.36 bits per heavy atom. The van der Waals surface area contributed by atoms with Crippen molar-refractivity contribution in [3.8, 4) is 22.4 Å². The molecule has 0 fully saturated rings. The van der Waals surface area contributed by atoms with Crippen molar-refractivity contribution in [1.82, 2.24) is 15.0 Å². The van der Waals surface area contributed by atoms with Crippen molar-refractivity contribution in [3.63, 3.8) is 0 Å². The van der Waals surface area contributed by atoms with Gasteiger partial charge in [-0.05, 0) is 17.2 Å². The molecule has 2 heterocycles. The average molecular weight is 451 g/mol. The maximum absolute atomic E-state index is 11.2.